The van der Waals surface area contributed by atoms with Crippen molar-refractivity contribution in [3.05, 3.63) is 18.2 Å². The monoisotopic (exact) mass is 249 g/mol. The number of pyridine rings is 1. The second kappa shape index (κ2) is 6.23. The average Bonchev–Trinajstić information content (AvgIpc) is 2.46. The summed E-state index contributed by atoms with van der Waals surface area (Å²) in [5, 5.41) is 3.03. The lowest BCUT2D eigenvalue weighted by Gasteiger charge is -2.26. The Hall–Kier alpha value is -1.78. The van der Waals surface area contributed by atoms with Crippen LogP contribution < -0.4 is 10.1 Å². The number of likely N-dealkylation sites (tertiary alicyclic amines) is 1. The maximum absolute atomic E-state index is 11.9. The molecule has 18 heavy (non-hydrogen) atoms. The summed E-state index contributed by atoms with van der Waals surface area (Å²) < 4.78 is 5.03. The number of carbonyl (C=O) groups is 1. The minimum absolute atomic E-state index is 0.138. The Morgan fingerprint density at radius 3 is 2.89 bits per heavy atom. The molecular formula is C13H19N3O2. The molecule has 98 valence electrons. The molecule has 1 fully saturated rings. The molecule has 1 aromatic heterocycles. The summed E-state index contributed by atoms with van der Waals surface area (Å²) in [6, 6.07) is 5.45. The van der Waals surface area contributed by atoms with E-state index >= 15 is 0 Å². The zero-order valence-electron chi connectivity index (χ0n) is 10.7. The van der Waals surface area contributed by atoms with Gasteiger partial charge in [0, 0.05) is 19.2 Å². The van der Waals surface area contributed by atoms with Crippen molar-refractivity contribution >= 4 is 11.7 Å². The molecule has 1 N–H and O–H groups in total. The second-order valence-electron chi connectivity index (χ2n) is 4.36. The van der Waals surface area contributed by atoms with Crippen LogP contribution in [-0.4, -0.2) is 42.5 Å². The highest BCUT2D eigenvalue weighted by Gasteiger charge is 2.15. The van der Waals surface area contributed by atoms with Crippen LogP contribution in [-0.2, 0) is 4.79 Å². The van der Waals surface area contributed by atoms with Gasteiger partial charge in [-0.1, -0.05) is 6.07 Å². The van der Waals surface area contributed by atoms with Gasteiger partial charge in [-0.3, -0.25) is 4.79 Å². The van der Waals surface area contributed by atoms with E-state index < -0.39 is 0 Å². The molecule has 0 radical (unpaired) electrons. The number of hydrogen-bond donors (Lipinski definition) is 1. The van der Waals surface area contributed by atoms with Crippen molar-refractivity contribution in [3.63, 3.8) is 0 Å². The fourth-order valence-corrected chi connectivity index (χ4v) is 2.05. The summed E-state index contributed by atoms with van der Waals surface area (Å²) in [5.41, 5.74) is 0. The zero-order valence-corrected chi connectivity index (χ0v) is 10.7. The van der Waals surface area contributed by atoms with Crippen LogP contribution in [0, 0.1) is 0 Å². The van der Waals surface area contributed by atoms with Gasteiger partial charge in [0.25, 0.3) is 0 Å². The molecule has 0 aliphatic carbocycles. The van der Waals surface area contributed by atoms with E-state index in [9.17, 15) is 4.79 Å². The highest BCUT2D eigenvalue weighted by atomic mass is 16.5. The summed E-state index contributed by atoms with van der Waals surface area (Å²) in [4.78, 5) is 18.0. The van der Waals surface area contributed by atoms with E-state index in [1.54, 1.807) is 13.2 Å². The lowest BCUT2D eigenvalue weighted by atomic mass is 10.1. The largest absolute Gasteiger partial charge is 0.481 e. The minimum Gasteiger partial charge on any atom is -0.481 e. The fourth-order valence-electron chi connectivity index (χ4n) is 2.05. The van der Waals surface area contributed by atoms with E-state index in [2.05, 4.69) is 10.3 Å². The summed E-state index contributed by atoms with van der Waals surface area (Å²) in [6.07, 6.45) is 3.46. The number of anilines is 1. The number of hydrogen-bond acceptors (Lipinski definition) is 4. The maximum atomic E-state index is 11.9. The Morgan fingerprint density at radius 2 is 2.17 bits per heavy atom. The first kappa shape index (κ1) is 12.7. The number of amides is 1. The van der Waals surface area contributed by atoms with Gasteiger partial charge < -0.3 is 15.0 Å². The first-order chi connectivity index (χ1) is 8.79. The van der Waals surface area contributed by atoms with Crippen LogP contribution in [0.1, 0.15) is 19.3 Å². The Morgan fingerprint density at radius 1 is 1.39 bits per heavy atom. The van der Waals surface area contributed by atoms with E-state index in [0.29, 0.717) is 18.2 Å². The molecule has 2 rings (SSSR count). The van der Waals surface area contributed by atoms with E-state index in [-0.39, 0.29) is 5.91 Å². The highest BCUT2D eigenvalue weighted by molar-refractivity contribution is 5.80. The van der Waals surface area contributed by atoms with Crippen molar-refractivity contribution in [2.24, 2.45) is 0 Å². The third kappa shape index (κ3) is 3.35. The molecule has 1 aliphatic rings. The minimum atomic E-state index is 0.138. The number of methoxy groups -OCH3 is 1. The standard InChI is InChI=1S/C13H19N3O2/c1-18-12-7-5-6-11(15-12)14-10-13(17)16-8-3-2-4-9-16/h5-7H,2-4,8-10H2,1H3,(H,14,15). The molecule has 1 aliphatic heterocycles. The van der Waals surface area contributed by atoms with Crippen molar-refractivity contribution in [1.82, 2.24) is 9.88 Å². The molecule has 2 heterocycles. The smallest absolute Gasteiger partial charge is 0.241 e. The molecule has 0 atom stereocenters. The summed E-state index contributed by atoms with van der Waals surface area (Å²) >= 11 is 0. The lowest BCUT2D eigenvalue weighted by Crippen LogP contribution is -2.39. The molecule has 1 saturated heterocycles. The van der Waals surface area contributed by atoms with Gasteiger partial charge in [-0.05, 0) is 25.3 Å². The molecule has 0 aromatic carbocycles. The van der Waals surface area contributed by atoms with Gasteiger partial charge in [-0.2, -0.15) is 4.98 Å². The van der Waals surface area contributed by atoms with Crippen molar-refractivity contribution in [3.8, 4) is 5.88 Å². The first-order valence-corrected chi connectivity index (χ1v) is 6.32. The molecule has 0 saturated carbocycles. The molecular weight excluding hydrogens is 230 g/mol. The van der Waals surface area contributed by atoms with Crippen LogP contribution >= 0.6 is 0 Å². The number of ether oxygens (including phenoxy) is 1. The van der Waals surface area contributed by atoms with Crippen LogP contribution in [0.15, 0.2) is 18.2 Å². The van der Waals surface area contributed by atoms with E-state index in [1.807, 2.05) is 17.0 Å². The van der Waals surface area contributed by atoms with Crippen molar-refractivity contribution < 1.29 is 9.53 Å². The van der Waals surface area contributed by atoms with Crippen LogP contribution in [0.2, 0.25) is 0 Å². The predicted octanol–water partition coefficient (Wildman–Crippen LogP) is 1.51. The number of nitrogens with one attached hydrogen (secondary N) is 1. The van der Waals surface area contributed by atoms with Crippen molar-refractivity contribution in [2.75, 3.05) is 32.1 Å². The lowest BCUT2D eigenvalue weighted by molar-refractivity contribution is -0.130. The highest BCUT2D eigenvalue weighted by Crippen LogP contribution is 2.11. The van der Waals surface area contributed by atoms with Gasteiger partial charge in [0.05, 0.1) is 13.7 Å². The molecule has 0 bridgehead atoms. The third-order valence-corrected chi connectivity index (χ3v) is 3.06. The van der Waals surface area contributed by atoms with E-state index in [4.69, 9.17) is 4.74 Å². The Kier molecular flexibility index (Phi) is 4.39. The Balaban J connectivity index is 1.84. The van der Waals surface area contributed by atoms with Crippen LogP contribution in [0.25, 0.3) is 0 Å². The Bertz CT molecular complexity index is 403. The van der Waals surface area contributed by atoms with Gasteiger partial charge in [0.1, 0.15) is 5.82 Å². The SMILES string of the molecule is COc1cccc(NCC(=O)N2CCCCC2)n1. The van der Waals surface area contributed by atoms with Gasteiger partial charge >= 0.3 is 0 Å². The number of piperidine rings is 1. The fraction of sp³-hybridized carbons (Fsp3) is 0.538. The number of carbonyl (C=O) groups excluding carboxylic acids is 1. The van der Waals surface area contributed by atoms with Crippen LogP contribution in [0.4, 0.5) is 5.82 Å². The van der Waals surface area contributed by atoms with E-state index in [0.717, 1.165) is 25.9 Å². The van der Waals surface area contributed by atoms with Crippen LogP contribution in [0.3, 0.4) is 0 Å². The van der Waals surface area contributed by atoms with E-state index in [1.165, 1.54) is 6.42 Å². The zero-order chi connectivity index (χ0) is 12.8. The summed E-state index contributed by atoms with van der Waals surface area (Å²) in [5.74, 6) is 1.35. The average molecular weight is 249 g/mol. The number of aromatic nitrogens is 1. The topological polar surface area (TPSA) is 54.5 Å². The van der Waals surface area contributed by atoms with Crippen LogP contribution in [0.5, 0.6) is 5.88 Å². The van der Waals surface area contributed by atoms with Gasteiger partial charge in [0.15, 0.2) is 0 Å². The first-order valence-electron chi connectivity index (χ1n) is 6.32. The summed E-state index contributed by atoms with van der Waals surface area (Å²) in [7, 11) is 1.57. The van der Waals surface area contributed by atoms with Gasteiger partial charge in [-0.15, -0.1) is 0 Å². The quantitative estimate of drug-likeness (QED) is 0.879. The molecule has 0 spiro atoms. The maximum Gasteiger partial charge on any atom is 0.241 e. The van der Waals surface area contributed by atoms with Gasteiger partial charge in [-0.25, -0.2) is 0 Å². The number of nitrogens with zero attached hydrogens (tertiary/aromatic N) is 2. The molecule has 1 amide bonds. The molecule has 0 unspecified atom stereocenters. The second-order valence-corrected chi connectivity index (χ2v) is 4.36. The van der Waals surface area contributed by atoms with Crippen molar-refractivity contribution in [1.29, 1.82) is 0 Å². The van der Waals surface area contributed by atoms with Crippen molar-refractivity contribution in [2.45, 2.75) is 19.3 Å². The normalized spacial score (nSPS) is 15.3. The molecule has 5 nitrogen and oxygen atoms in total. The third-order valence-electron chi connectivity index (χ3n) is 3.06. The summed E-state index contributed by atoms with van der Waals surface area (Å²) in [6.45, 7) is 2.05. The Labute approximate surface area is 107 Å². The molecule has 1 aromatic rings. The molecule has 5 heteroatoms. The number of rotatable bonds is 4. The van der Waals surface area contributed by atoms with Gasteiger partial charge in [0.2, 0.25) is 11.8 Å². The predicted molar refractivity (Wildman–Crippen MR) is 69.7 cm³/mol.